The van der Waals surface area contributed by atoms with Gasteiger partial charge in [0, 0.05) is 23.2 Å². The molecule has 1 saturated heterocycles. The molecule has 3 heterocycles. The van der Waals surface area contributed by atoms with E-state index in [0.717, 1.165) is 28.1 Å². The predicted octanol–water partition coefficient (Wildman–Crippen LogP) is 3.21. The van der Waals surface area contributed by atoms with Gasteiger partial charge in [0.2, 0.25) is 11.8 Å². The summed E-state index contributed by atoms with van der Waals surface area (Å²) < 4.78 is 5.33. The van der Waals surface area contributed by atoms with Crippen LogP contribution in [0.3, 0.4) is 0 Å². The average molecular weight is 490 g/mol. The predicted molar refractivity (Wildman–Crippen MR) is 132 cm³/mol. The molecule has 1 N–H and O–H groups in total. The fourth-order valence-corrected chi connectivity index (χ4v) is 5.22. The summed E-state index contributed by atoms with van der Waals surface area (Å²) in [6, 6.07) is 11.4. The SMILES string of the molecule is O=C(COC(=O)c1c2c(nc3ccccc13)C(=Cc1cccs1)CC2)NC(=O)CN1CCCC1=O. The van der Waals surface area contributed by atoms with Gasteiger partial charge in [0.1, 0.15) is 0 Å². The Morgan fingerprint density at radius 1 is 1.09 bits per heavy atom. The topological polar surface area (TPSA) is 106 Å². The summed E-state index contributed by atoms with van der Waals surface area (Å²) in [7, 11) is 0. The van der Waals surface area contributed by atoms with Crippen LogP contribution < -0.4 is 5.32 Å². The first-order valence-electron chi connectivity index (χ1n) is 11.4. The van der Waals surface area contributed by atoms with Gasteiger partial charge < -0.3 is 9.64 Å². The number of rotatable bonds is 6. The molecule has 8 nitrogen and oxygen atoms in total. The third-order valence-corrected chi connectivity index (χ3v) is 6.94. The fourth-order valence-electron chi connectivity index (χ4n) is 4.54. The number of pyridine rings is 1. The molecule has 0 radical (unpaired) electrons. The lowest BCUT2D eigenvalue weighted by Crippen LogP contribution is -2.42. The number of thiophene rings is 1. The van der Waals surface area contributed by atoms with Gasteiger partial charge in [-0.25, -0.2) is 9.78 Å². The van der Waals surface area contributed by atoms with Crippen LogP contribution in [0.25, 0.3) is 22.6 Å². The van der Waals surface area contributed by atoms with E-state index in [4.69, 9.17) is 9.72 Å². The van der Waals surface area contributed by atoms with E-state index in [-0.39, 0.29) is 12.5 Å². The highest BCUT2D eigenvalue weighted by atomic mass is 32.1. The van der Waals surface area contributed by atoms with Crippen molar-refractivity contribution in [1.82, 2.24) is 15.2 Å². The molecule has 3 amide bonds. The van der Waals surface area contributed by atoms with Crippen molar-refractivity contribution in [1.29, 1.82) is 0 Å². The highest BCUT2D eigenvalue weighted by Gasteiger charge is 2.28. The van der Waals surface area contributed by atoms with Crippen LogP contribution in [0.4, 0.5) is 0 Å². The molecule has 5 rings (SSSR count). The van der Waals surface area contributed by atoms with Crippen LogP contribution in [0.1, 0.15) is 45.8 Å². The molecule has 35 heavy (non-hydrogen) atoms. The molecule has 1 aliphatic heterocycles. The molecule has 3 aromatic rings. The maximum atomic E-state index is 13.2. The zero-order valence-electron chi connectivity index (χ0n) is 18.9. The Balaban J connectivity index is 1.33. The molecular formula is C26H23N3O5S. The van der Waals surface area contributed by atoms with Gasteiger partial charge in [-0.3, -0.25) is 19.7 Å². The second kappa shape index (κ2) is 9.79. The second-order valence-corrected chi connectivity index (χ2v) is 9.46. The van der Waals surface area contributed by atoms with E-state index in [1.165, 1.54) is 4.90 Å². The summed E-state index contributed by atoms with van der Waals surface area (Å²) in [6.45, 7) is -0.277. The number of para-hydroxylation sites is 1. The largest absolute Gasteiger partial charge is 0.452 e. The van der Waals surface area contributed by atoms with Crippen LogP contribution in [-0.2, 0) is 25.5 Å². The van der Waals surface area contributed by atoms with Gasteiger partial charge in [0.25, 0.3) is 5.91 Å². The van der Waals surface area contributed by atoms with E-state index < -0.39 is 24.4 Å². The molecule has 2 aromatic heterocycles. The number of aromatic nitrogens is 1. The van der Waals surface area contributed by atoms with Crippen molar-refractivity contribution in [2.75, 3.05) is 19.7 Å². The zero-order valence-corrected chi connectivity index (χ0v) is 19.7. The third-order valence-electron chi connectivity index (χ3n) is 6.12. The first-order chi connectivity index (χ1) is 17.0. The van der Waals surface area contributed by atoms with Crippen molar-refractivity contribution < 1.29 is 23.9 Å². The van der Waals surface area contributed by atoms with Crippen LogP contribution in [-0.4, -0.2) is 53.3 Å². The number of hydrogen-bond acceptors (Lipinski definition) is 7. The minimum Gasteiger partial charge on any atom is -0.452 e. The Labute approximate surface area is 205 Å². The van der Waals surface area contributed by atoms with Gasteiger partial charge in [0.05, 0.1) is 23.3 Å². The lowest BCUT2D eigenvalue weighted by atomic mass is 10.0. The number of nitrogens with zero attached hydrogens (tertiary/aromatic N) is 2. The number of allylic oxidation sites excluding steroid dienone is 1. The van der Waals surface area contributed by atoms with Crippen molar-refractivity contribution in [2.45, 2.75) is 25.7 Å². The maximum absolute atomic E-state index is 13.2. The van der Waals surface area contributed by atoms with Crippen molar-refractivity contribution in [2.24, 2.45) is 0 Å². The van der Waals surface area contributed by atoms with Gasteiger partial charge in [-0.05, 0) is 54.0 Å². The van der Waals surface area contributed by atoms with Crippen molar-refractivity contribution in [3.63, 3.8) is 0 Å². The van der Waals surface area contributed by atoms with Gasteiger partial charge >= 0.3 is 5.97 Å². The standard InChI is InChI=1S/C26H23N3O5S/c30-21(14-29-11-3-8-23(29)32)28-22(31)15-34-26(33)24-18-6-1-2-7-20(18)27-25-16(9-10-19(24)25)13-17-5-4-12-35-17/h1-2,4-7,12-13H,3,8-11,14-15H2,(H,28,30,31). The van der Waals surface area contributed by atoms with Crippen molar-refractivity contribution in [3.8, 4) is 0 Å². The smallest absolute Gasteiger partial charge is 0.339 e. The van der Waals surface area contributed by atoms with E-state index in [1.54, 1.807) is 11.3 Å². The van der Waals surface area contributed by atoms with E-state index in [2.05, 4.69) is 11.4 Å². The molecule has 178 valence electrons. The van der Waals surface area contributed by atoms with Gasteiger partial charge in [0.15, 0.2) is 6.61 Å². The van der Waals surface area contributed by atoms with E-state index >= 15 is 0 Å². The summed E-state index contributed by atoms with van der Waals surface area (Å²) in [5, 5.41) is 4.86. The number of carbonyl (C=O) groups is 4. The number of amides is 3. The molecule has 9 heteroatoms. The van der Waals surface area contributed by atoms with Gasteiger partial charge in [-0.2, -0.15) is 0 Å². The summed E-state index contributed by atoms with van der Waals surface area (Å²) in [4.78, 5) is 56.5. The molecule has 0 saturated carbocycles. The quantitative estimate of drug-likeness (QED) is 0.533. The Morgan fingerprint density at radius 2 is 1.94 bits per heavy atom. The number of benzene rings is 1. The molecule has 0 unspecified atom stereocenters. The molecule has 0 atom stereocenters. The number of esters is 1. The summed E-state index contributed by atoms with van der Waals surface area (Å²) in [5.74, 6) is -2.07. The number of imide groups is 1. The van der Waals surface area contributed by atoms with E-state index in [9.17, 15) is 19.2 Å². The number of fused-ring (bicyclic) bond motifs is 2. The molecular weight excluding hydrogens is 466 g/mol. The highest BCUT2D eigenvalue weighted by Crippen LogP contribution is 2.38. The Hall–Kier alpha value is -3.85. The van der Waals surface area contributed by atoms with Crippen LogP contribution in [0, 0.1) is 0 Å². The summed E-state index contributed by atoms with van der Waals surface area (Å²) in [6.07, 6.45) is 4.60. The molecule has 1 fully saturated rings. The van der Waals surface area contributed by atoms with Crippen LogP contribution in [0.2, 0.25) is 0 Å². The number of hydrogen-bond donors (Lipinski definition) is 1. The first-order valence-corrected chi connectivity index (χ1v) is 12.3. The number of nitrogens with one attached hydrogen (secondary N) is 1. The molecule has 0 spiro atoms. The van der Waals surface area contributed by atoms with Crippen molar-refractivity contribution >= 4 is 57.6 Å². The summed E-state index contributed by atoms with van der Waals surface area (Å²) in [5.41, 5.74) is 3.72. The number of likely N-dealkylation sites (tertiary alicyclic amines) is 1. The van der Waals surface area contributed by atoms with Crippen LogP contribution in [0.15, 0.2) is 41.8 Å². The van der Waals surface area contributed by atoms with Gasteiger partial charge in [-0.1, -0.05) is 24.3 Å². The Morgan fingerprint density at radius 3 is 2.71 bits per heavy atom. The summed E-state index contributed by atoms with van der Waals surface area (Å²) >= 11 is 1.64. The molecule has 1 aromatic carbocycles. The van der Waals surface area contributed by atoms with E-state index in [1.807, 2.05) is 41.8 Å². The molecule has 2 aliphatic rings. The van der Waals surface area contributed by atoms with Crippen LogP contribution in [0.5, 0.6) is 0 Å². The Bertz CT molecular complexity index is 1360. The number of carbonyl (C=O) groups excluding carboxylic acids is 4. The molecule has 1 aliphatic carbocycles. The normalized spacial score (nSPS) is 16.1. The van der Waals surface area contributed by atoms with Gasteiger partial charge in [-0.15, -0.1) is 11.3 Å². The lowest BCUT2D eigenvalue weighted by molar-refractivity contribution is -0.137. The maximum Gasteiger partial charge on any atom is 0.339 e. The highest BCUT2D eigenvalue weighted by molar-refractivity contribution is 7.10. The Kier molecular flexibility index (Phi) is 6.41. The third kappa shape index (κ3) is 4.85. The first kappa shape index (κ1) is 22.9. The number of ether oxygens (including phenoxy) is 1. The lowest BCUT2D eigenvalue weighted by Gasteiger charge is -2.15. The molecule has 0 bridgehead atoms. The van der Waals surface area contributed by atoms with Crippen LogP contribution >= 0.6 is 11.3 Å². The average Bonchev–Trinajstić information content (AvgIpc) is 3.59. The zero-order chi connectivity index (χ0) is 24.4. The monoisotopic (exact) mass is 489 g/mol. The second-order valence-electron chi connectivity index (χ2n) is 8.48. The van der Waals surface area contributed by atoms with E-state index in [0.29, 0.717) is 42.3 Å². The fraction of sp³-hybridized carbons (Fsp3) is 0.269. The van der Waals surface area contributed by atoms with Crippen molar-refractivity contribution in [3.05, 3.63) is 63.5 Å². The minimum absolute atomic E-state index is 0.107. The minimum atomic E-state index is -0.733.